The molecule has 0 unspecified atom stereocenters. The van der Waals surface area contributed by atoms with Crippen LogP contribution in [-0.2, 0) is 4.79 Å². The molecule has 0 amide bonds. The molecule has 0 saturated carbocycles. The highest BCUT2D eigenvalue weighted by molar-refractivity contribution is 6.30. The zero-order valence-electron chi connectivity index (χ0n) is 10.6. The molecule has 2 aromatic carbocycles. The normalized spacial score (nSPS) is 9.90. The Morgan fingerprint density at radius 3 is 1.90 bits per heavy atom. The number of rotatable bonds is 3. The maximum Gasteiger partial charge on any atom is 0.343 e. The maximum absolute atomic E-state index is 11.9. The van der Waals surface area contributed by atoms with Crippen LogP contribution in [0.2, 0.25) is 5.02 Å². The summed E-state index contributed by atoms with van der Waals surface area (Å²) in [5.41, 5.74) is 0.357. The number of hydrogen-bond acceptors (Lipinski definition) is 4. The molecular formula is C15H11ClO4. The average molecular weight is 291 g/mol. The van der Waals surface area contributed by atoms with Crippen molar-refractivity contribution in [3.05, 3.63) is 59.1 Å². The van der Waals surface area contributed by atoms with Crippen LogP contribution in [0.5, 0.6) is 11.5 Å². The SMILES string of the molecule is CC(=O)Oc1ccc(C(=O)Oc2ccc(Cl)cc2)cc1. The molecule has 2 rings (SSSR count). The summed E-state index contributed by atoms with van der Waals surface area (Å²) in [5.74, 6) is -0.132. The van der Waals surface area contributed by atoms with E-state index in [9.17, 15) is 9.59 Å². The highest BCUT2D eigenvalue weighted by atomic mass is 35.5. The fraction of sp³-hybridized carbons (Fsp3) is 0.0667. The number of esters is 2. The first-order valence-electron chi connectivity index (χ1n) is 5.81. The van der Waals surface area contributed by atoms with Crippen LogP contribution in [0.15, 0.2) is 48.5 Å². The Labute approximate surface area is 120 Å². The van der Waals surface area contributed by atoms with Crippen LogP contribution in [0.25, 0.3) is 0 Å². The van der Waals surface area contributed by atoms with E-state index in [1.807, 2.05) is 0 Å². The molecule has 0 radical (unpaired) electrons. The van der Waals surface area contributed by atoms with Crippen LogP contribution in [-0.4, -0.2) is 11.9 Å². The fourth-order valence-corrected chi connectivity index (χ4v) is 1.62. The minimum atomic E-state index is -0.498. The van der Waals surface area contributed by atoms with Gasteiger partial charge in [-0.1, -0.05) is 11.6 Å². The van der Waals surface area contributed by atoms with Gasteiger partial charge in [-0.05, 0) is 48.5 Å². The van der Waals surface area contributed by atoms with Crippen molar-refractivity contribution in [1.82, 2.24) is 0 Å². The van der Waals surface area contributed by atoms with Gasteiger partial charge in [-0.2, -0.15) is 0 Å². The van der Waals surface area contributed by atoms with E-state index in [1.165, 1.54) is 31.2 Å². The molecule has 0 fully saturated rings. The Bertz CT molecular complexity index is 617. The van der Waals surface area contributed by atoms with E-state index in [4.69, 9.17) is 21.1 Å². The monoisotopic (exact) mass is 290 g/mol. The first kappa shape index (κ1) is 14.1. The predicted octanol–water partition coefficient (Wildman–Crippen LogP) is 3.48. The Balaban J connectivity index is 2.05. The number of ether oxygens (including phenoxy) is 2. The summed E-state index contributed by atoms with van der Waals surface area (Å²) in [4.78, 5) is 22.6. The van der Waals surface area contributed by atoms with Crippen molar-refractivity contribution in [2.75, 3.05) is 0 Å². The van der Waals surface area contributed by atoms with Crippen molar-refractivity contribution in [2.24, 2.45) is 0 Å². The van der Waals surface area contributed by atoms with Crippen LogP contribution in [0.4, 0.5) is 0 Å². The van der Waals surface area contributed by atoms with Crippen molar-refractivity contribution in [2.45, 2.75) is 6.92 Å². The lowest BCUT2D eigenvalue weighted by Gasteiger charge is -2.05. The Hall–Kier alpha value is -2.33. The number of hydrogen-bond donors (Lipinski definition) is 0. The van der Waals surface area contributed by atoms with Crippen LogP contribution < -0.4 is 9.47 Å². The topological polar surface area (TPSA) is 52.6 Å². The van der Waals surface area contributed by atoms with E-state index in [1.54, 1.807) is 24.3 Å². The quantitative estimate of drug-likeness (QED) is 0.641. The zero-order chi connectivity index (χ0) is 14.5. The number of carbonyl (C=O) groups excluding carboxylic acids is 2. The Morgan fingerprint density at radius 2 is 1.35 bits per heavy atom. The van der Waals surface area contributed by atoms with Gasteiger partial charge in [0.15, 0.2) is 0 Å². The lowest BCUT2D eigenvalue weighted by molar-refractivity contribution is -0.131. The zero-order valence-corrected chi connectivity index (χ0v) is 11.4. The number of benzene rings is 2. The van der Waals surface area contributed by atoms with Crippen molar-refractivity contribution in [3.8, 4) is 11.5 Å². The molecule has 0 atom stereocenters. The molecule has 2 aromatic rings. The molecule has 0 aliphatic rings. The Kier molecular flexibility index (Phi) is 4.38. The summed E-state index contributed by atoms with van der Waals surface area (Å²) >= 11 is 5.74. The van der Waals surface area contributed by atoms with Gasteiger partial charge < -0.3 is 9.47 Å². The molecule has 0 N–H and O–H groups in total. The van der Waals surface area contributed by atoms with Gasteiger partial charge in [-0.25, -0.2) is 4.79 Å². The summed E-state index contributed by atoms with van der Waals surface area (Å²) in [6, 6.07) is 12.6. The van der Waals surface area contributed by atoms with Crippen molar-refractivity contribution < 1.29 is 19.1 Å². The van der Waals surface area contributed by atoms with E-state index < -0.39 is 11.9 Å². The Morgan fingerprint density at radius 1 is 0.850 bits per heavy atom. The van der Waals surface area contributed by atoms with E-state index in [-0.39, 0.29) is 0 Å². The van der Waals surface area contributed by atoms with Crippen molar-refractivity contribution in [1.29, 1.82) is 0 Å². The smallest absolute Gasteiger partial charge is 0.343 e. The lowest BCUT2D eigenvalue weighted by atomic mass is 10.2. The summed E-state index contributed by atoms with van der Waals surface area (Å²) < 4.78 is 10.0. The summed E-state index contributed by atoms with van der Waals surface area (Å²) in [5, 5.41) is 0.565. The summed E-state index contributed by atoms with van der Waals surface area (Å²) in [6.07, 6.45) is 0. The number of halogens is 1. The van der Waals surface area contributed by atoms with Gasteiger partial charge in [0, 0.05) is 11.9 Å². The van der Waals surface area contributed by atoms with Gasteiger partial charge in [0.1, 0.15) is 11.5 Å². The van der Waals surface area contributed by atoms with E-state index in [0.29, 0.717) is 22.1 Å². The second-order valence-corrected chi connectivity index (χ2v) is 4.40. The first-order valence-corrected chi connectivity index (χ1v) is 6.18. The third kappa shape index (κ3) is 3.83. The van der Waals surface area contributed by atoms with Gasteiger partial charge in [-0.15, -0.1) is 0 Å². The van der Waals surface area contributed by atoms with Crippen LogP contribution in [0.1, 0.15) is 17.3 Å². The second kappa shape index (κ2) is 6.21. The second-order valence-electron chi connectivity index (χ2n) is 3.96. The van der Waals surface area contributed by atoms with Crippen molar-refractivity contribution in [3.63, 3.8) is 0 Å². The largest absolute Gasteiger partial charge is 0.427 e. The molecule has 0 spiro atoms. The minimum absolute atomic E-state index is 0.357. The molecule has 0 aliphatic heterocycles. The summed E-state index contributed by atoms with van der Waals surface area (Å²) in [6.45, 7) is 1.31. The van der Waals surface area contributed by atoms with Crippen molar-refractivity contribution >= 4 is 23.5 Å². The highest BCUT2D eigenvalue weighted by Gasteiger charge is 2.09. The highest BCUT2D eigenvalue weighted by Crippen LogP contribution is 2.18. The molecule has 102 valence electrons. The van der Waals surface area contributed by atoms with E-state index >= 15 is 0 Å². The lowest BCUT2D eigenvalue weighted by Crippen LogP contribution is -2.08. The van der Waals surface area contributed by atoms with E-state index in [2.05, 4.69) is 0 Å². The molecular weight excluding hydrogens is 280 g/mol. The summed E-state index contributed by atoms with van der Waals surface area (Å²) in [7, 11) is 0. The maximum atomic E-state index is 11.9. The van der Waals surface area contributed by atoms with Crippen LogP contribution >= 0.6 is 11.6 Å². The van der Waals surface area contributed by atoms with Gasteiger partial charge in [0.25, 0.3) is 0 Å². The standard InChI is InChI=1S/C15H11ClO4/c1-10(17)19-13-6-2-11(3-7-13)15(18)20-14-8-4-12(16)5-9-14/h2-9H,1H3. The van der Waals surface area contributed by atoms with Gasteiger partial charge >= 0.3 is 11.9 Å². The molecule has 4 nitrogen and oxygen atoms in total. The van der Waals surface area contributed by atoms with Gasteiger partial charge in [-0.3, -0.25) is 4.79 Å². The minimum Gasteiger partial charge on any atom is -0.427 e. The molecule has 0 aromatic heterocycles. The number of carbonyl (C=O) groups is 2. The molecule has 0 saturated heterocycles. The molecule has 0 heterocycles. The molecule has 0 bridgehead atoms. The van der Waals surface area contributed by atoms with Gasteiger partial charge in [0.05, 0.1) is 5.56 Å². The molecule has 5 heteroatoms. The third-order valence-corrected chi connectivity index (χ3v) is 2.63. The van der Waals surface area contributed by atoms with Gasteiger partial charge in [0.2, 0.25) is 0 Å². The molecule has 20 heavy (non-hydrogen) atoms. The third-order valence-electron chi connectivity index (χ3n) is 2.38. The molecule has 0 aliphatic carbocycles. The first-order chi connectivity index (χ1) is 9.54. The van der Waals surface area contributed by atoms with Crippen LogP contribution in [0.3, 0.4) is 0 Å². The fourth-order valence-electron chi connectivity index (χ4n) is 1.49. The van der Waals surface area contributed by atoms with Crippen LogP contribution in [0, 0.1) is 0 Å². The average Bonchev–Trinajstić information content (AvgIpc) is 2.41. The van der Waals surface area contributed by atoms with E-state index in [0.717, 1.165) is 0 Å². The predicted molar refractivity (Wildman–Crippen MR) is 74.2 cm³/mol.